The summed E-state index contributed by atoms with van der Waals surface area (Å²) in [6.07, 6.45) is -4.55. The molecule has 40 heavy (non-hydrogen) atoms. The van der Waals surface area contributed by atoms with Crippen LogP contribution in [0.4, 0.5) is 24.7 Å². The number of aromatic nitrogens is 2. The molecule has 0 saturated carbocycles. The van der Waals surface area contributed by atoms with Crippen molar-refractivity contribution in [1.82, 2.24) is 15.1 Å². The Morgan fingerprint density at radius 1 is 0.950 bits per heavy atom. The standard InChI is InChI=1S/C27H21Cl2F3N4O4/c28-18-12-17(13-19(29)14-18)23-15-24(36(35-23)21-7-9-22(10-8-21)40-27(30,31)32)34-20-5-3-16(4-6-20)26(39)33-11-1-2-25(37)38/h3-10,12-15,34H,1-2,11H2,(H,33,39)(H,37,38). The fourth-order valence-electron chi connectivity index (χ4n) is 3.70. The molecule has 0 atom stereocenters. The molecule has 4 rings (SSSR count). The summed E-state index contributed by atoms with van der Waals surface area (Å²) in [7, 11) is 0. The van der Waals surface area contributed by atoms with Crippen LogP contribution < -0.4 is 15.4 Å². The number of hydrogen-bond acceptors (Lipinski definition) is 5. The molecule has 1 amide bonds. The monoisotopic (exact) mass is 592 g/mol. The molecule has 0 aliphatic carbocycles. The lowest BCUT2D eigenvalue weighted by molar-refractivity contribution is -0.274. The van der Waals surface area contributed by atoms with Crippen molar-refractivity contribution in [3.63, 3.8) is 0 Å². The van der Waals surface area contributed by atoms with Crippen molar-refractivity contribution in [2.24, 2.45) is 0 Å². The van der Waals surface area contributed by atoms with Crippen LogP contribution in [0, 0.1) is 0 Å². The smallest absolute Gasteiger partial charge is 0.481 e. The Labute approximate surface area is 236 Å². The van der Waals surface area contributed by atoms with Crippen molar-refractivity contribution in [3.8, 4) is 22.7 Å². The van der Waals surface area contributed by atoms with Gasteiger partial charge in [-0.15, -0.1) is 13.2 Å². The molecule has 0 aliphatic heterocycles. The van der Waals surface area contributed by atoms with Crippen LogP contribution in [-0.2, 0) is 4.79 Å². The van der Waals surface area contributed by atoms with Gasteiger partial charge in [-0.2, -0.15) is 5.10 Å². The Kier molecular flexibility index (Phi) is 8.86. The summed E-state index contributed by atoms with van der Waals surface area (Å²) in [6.45, 7) is 0.230. The highest BCUT2D eigenvalue weighted by atomic mass is 35.5. The molecule has 1 heterocycles. The number of carbonyl (C=O) groups is 2. The van der Waals surface area contributed by atoms with Gasteiger partial charge in [0.15, 0.2) is 0 Å². The molecule has 0 spiro atoms. The molecule has 0 unspecified atom stereocenters. The lowest BCUT2D eigenvalue weighted by Crippen LogP contribution is -2.24. The number of rotatable bonds is 10. The van der Waals surface area contributed by atoms with Gasteiger partial charge in [-0.3, -0.25) is 9.59 Å². The van der Waals surface area contributed by atoms with Crippen LogP contribution in [-0.4, -0.2) is 39.7 Å². The Bertz CT molecular complexity index is 1490. The predicted octanol–water partition coefficient (Wildman–Crippen LogP) is 7.08. The minimum absolute atomic E-state index is 0.0434. The SMILES string of the molecule is O=C(O)CCCNC(=O)c1ccc(Nc2cc(-c3cc(Cl)cc(Cl)c3)nn2-c2ccc(OC(F)(F)F)cc2)cc1. The van der Waals surface area contributed by atoms with E-state index in [0.29, 0.717) is 50.5 Å². The number of hydrogen-bond donors (Lipinski definition) is 3. The Morgan fingerprint density at radius 2 is 1.60 bits per heavy atom. The van der Waals surface area contributed by atoms with Crippen LogP contribution in [0.5, 0.6) is 5.75 Å². The predicted molar refractivity (Wildman–Crippen MR) is 145 cm³/mol. The van der Waals surface area contributed by atoms with E-state index in [1.54, 1.807) is 48.5 Å². The number of alkyl halides is 3. The third kappa shape index (κ3) is 7.90. The first-order chi connectivity index (χ1) is 19.0. The molecule has 4 aromatic rings. The number of nitrogens with one attached hydrogen (secondary N) is 2. The lowest BCUT2D eigenvalue weighted by Gasteiger charge is -2.12. The summed E-state index contributed by atoms with van der Waals surface area (Å²) >= 11 is 12.3. The molecule has 13 heteroatoms. The highest BCUT2D eigenvalue weighted by Crippen LogP contribution is 2.32. The summed E-state index contributed by atoms with van der Waals surface area (Å²) in [5, 5.41) is 20.0. The van der Waals surface area contributed by atoms with Crippen molar-refractivity contribution < 1.29 is 32.6 Å². The second-order valence-corrected chi connectivity index (χ2v) is 9.35. The molecule has 0 bridgehead atoms. The maximum Gasteiger partial charge on any atom is 0.573 e. The molecular formula is C27H21Cl2F3N4O4. The largest absolute Gasteiger partial charge is 0.573 e. The van der Waals surface area contributed by atoms with Gasteiger partial charge in [-0.05, 0) is 73.2 Å². The number of carbonyl (C=O) groups excluding carboxylic acids is 1. The average molecular weight is 593 g/mol. The van der Waals surface area contributed by atoms with Crippen LogP contribution in [0.2, 0.25) is 10.0 Å². The number of aliphatic carboxylic acids is 1. The summed E-state index contributed by atoms with van der Waals surface area (Å²) in [6, 6.07) is 18.4. The third-order valence-corrected chi connectivity index (χ3v) is 5.89. The van der Waals surface area contributed by atoms with E-state index in [9.17, 15) is 22.8 Å². The quantitative estimate of drug-likeness (QED) is 0.170. The van der Waals surface area contributed by atoms with Crippen molar-refractivity contribution in [2.45, 2.75) is 19.2 Å². The zero-order valence-corrected chi connectivity index (χ0v) is 22.0. The zero-order valence-electron chi connectivity index (χ0n) is 20.5. The number of benzene rings is 3. The average Bonchev–Trinajstić information content (AvgIpc) is 3.29. The Morgan fingerprint density at radius 3 is 2.20 bits per heavy atom. The van der Waals surface area contributed by atoms with Crippen LogP contribution in [0.1, 0.15) is 23.2 Å². The summed E-state index contributed by atoms with van der Waals surface area (Å²) in [5.41, 5.74) is 2.51. The van der Waals surface area contributed by atoms with Gasteiger partial charge in [0.1, 0.15) is 11.6 Å². The van der Waals surface area contributed by atoms with E-state index in [2.05, 4.69) is 20.5 Å². The number of carboxylic acids is 1. The van der Waals surface area contributed by atoms with Crippen molar-refractivity contribution in [2.75, 3.05) is 11.9 Å². The fourth-order valence-corrected chi connectivity index (χ4v) is 4.22. The first kappa shape index (κ1) is 28.8. The van der Waals surface area contributed by atoms with E-state index in [1.165, 1.54) is 28.9 Å². The van der Waals surface area contributed by atoms with Crippen molar-refractivity contribution in [1.29, 1.82) is 0 Å². The maximum absolute atomic E-state index is 12.6. The highest BCUT2D eigenvalue weighted by Gasteiger charge is 2.31. The topological polar surface area (TPSA) is 105 Å². The Hall–Kier alpha value is -4.22. The molecule has 8 nitrogen and oxygen atoms in total. The molecule has 0 fully saturated rings. The number of carboxylic acid groups (broad SMARTS) is 1. The minimum Gasteiger partial charge on any atom is -0.481 e. The number of halogens is 5. The Balaban J connectivity index is 1.59. The van der Waals surface area contributed by atoms with Gasteiger partial charge >= 0.3 is 12.3 Å². The highest BCUT2D eigenvalue weighted by molar-refractivity contribution is 6.35. The van der Waals surface area contributed by atoms with Crippen molar-refractivity contribution >= 4 is 46.6 Å². The van der Waals surface area contributed by atoms with Crippen LogP contribution >= 0.6 is 23.2 Å². The number of anilines is 2. The van der Waals surface area contributed by atoms with Crippen LogP contribution in [0.25, 0.3) is 16.9 Å². The van der Waals surface area contributed by atoms with Gasteiger partial charge in [0, 0.05) is 45.9 Å². The van der Waals surface area contributed by atoms with E-state index in [0.717, 1.165) is 0 Å². The van der Waals surface area contributed by atoms with E-state index in [4.69, 9.17) is 28.3 Å². The van der Waals surface area contributed by atoms with Crippen molar-refractivity contribution in [3.05, 3.63) is 88.4 Å². The van der Waals surface area contributed by atoms with Crippen LogP contribution in [0.15, 0.2) is 72.8 Å². The fraction of sp³-hybridized carbons (Fsp3) is 0.148. The van der Waals surface area contributed by atoms with E-state index in [-0.39, 0.29) is 24.6 Å². The zero-order chi connectivity index (χ0) is 28.9. The molecule has 1 aromatic heterocycles. The normalized spacial score (nSPS) is 11.2. The first-order valence-electron chi connectivity index (χ1n) is 11.8. The summed E-state index contributed by atoms with van der Waals surface area (Å²) in [5.74, 6) is -1.20. The van der Waals surface area contributed by atoms with Gasteiger partial charge < -0.3 is 20.5 Å². The second kappa shape index (κ2) is 12.3. The van der Waals surface area contributed by atoms with Gasteiger partial charge in [-0.1, -0.05) is 23.2 Å². The molecular weight excluding hydrogens is 572 g/mol. The first-order valence-corrected chi connectivity index (χ1v) is 12.5. The van der Waals surface area contributed by atoms with E-state index < -0.39 is 12.3 Å². The lowest BCUT2D eigenvalue weighted by atomic mass is 10.1. The summed E-state index contributed by atoms with van der Waals surface area (Å²) < 4.78 is 43.2. The van der Waals surface area contributed by atoms with Gasteiger partial charge in [0.25, 0.3) is 5.91 Å². The minimum atomic E-state index is -4.82. The maximum atomic E-state index is 12.6. The number of nitrogens with zero attached hydrogens (tertiary/aromatic N) is 2. The number of ether oxygens (including phenoxy) is 1. The molecule has 208 valence electrons. The van der Waals surface area contributed by atoms with Crippen LogP contribution in [0.3, 0.4) is 0 Å². The molecule has 0 radical (unpaired) electrons. The van der Waals surface area contributed by atoms with Gasteiger partial charge in [-0.25, -0.2) is 4.68 Å². The van der Waals surface area contributed by atoms with Gasteiger partial charge in [0.05, 0.1) is 11.4 Å². The van der Waals surface area contributed by atoms with E-state index >= 15 is 0 Å². The summed E-state index contributed by atoms with van der Waals surface area (Å²) in [4.78, 5) is 22.9. The molecule has 0 aliphatic rings. The molecule has 3 aromatic carbocycles. The van der Waals surface area contributed by atoms with E-state index in [1.807, 2.05) is 0 Å². The molecule has 3 N–H and O–H groups in total. The molecule has 0 saturated heterocycles. The third-order valence-electron chi connectivity index (χ3n) is 5.46. The van der Waals surface area contributed by atoms with Gasteiger partial charge in [0.2, 0.25) is 0 Å². The number of amides is 1. The second-order valence-electron chi connectivity index (χ2n) is 8.48.